The number of nitrogens with one attached hydrogen (secondary N) is 1. The second-order valence-electron chi connectivity index (χ2n) is 4.23. The predicted molar refractivity (Wildman–Crippen MR) is 65.8 cm³/mol. The molecule has 0 radical (unpaired) electrons. The van der Waals surface area contributed by atoms with Gasteiger partial charge in [-0.15, -0.1) is 11.3 Å². The van der Waals surface area contributed by atoms with Crippen molar-refractivity contribution < 1.29 is 4.74 Å². The molecule has 2 rings (SSSR count). The second-order valence-corrected chi connectivity index (χ2v) is 5.55. The van der Waals surface area contributed by atoms with Gasteiger partial charge in [0, 0.05) is 37.3 Å². The number of nitrogens with zero attached hydrogens (tertiary/aromatic N) is 2. The van der Waals surface area contributed by atoms with E-state index in [0.717, 1.165) is 37.8 Å². The molecular weight excluding hydrogens is 222 g/mol. The Hall–Kier alpha value is -0.490. The third kappa shape index (κ3) is 3.52. The van der Waals surface area contributed by atoms with Crippen LogP contribution < -0.4 is 5.32 Å². The number of aryl methyl sites for hydroxylation is 1. The zero-order valence-corrected chi connectivity index (χ0v) is 10.7. The SMILES string of the molecule is Cc1ncc(CNC[C@@H]2CN(C)CCO2)s1. The van der Waals surface area contributed by atoms with Crippen LogP contribution in [-0.4, -0.2) is 49.3 Å². The summed E-state index contributed by atoms with van der Waals surface area (Å²) < 4.78 is 5.68. The molecule has 0 amide bonds. The first-order valence-electron chi connectivity index (χ1n) is 5.66. The number of thiazole rings is 1. The fourth-order valence-corrected chi connectivity index (χ4v) is 2.60. The standard InChI is InChI=1S/C11H19N3OS/c1-9-13-7-11(16-9)6-12-5-10-8-14(2)3-4-15-10/h7,10,12H,3-6,8H2,1-2H3/t10-/m1/s1. The highest BCUT2D eigenvalue weighted by atomic mass is 32.1. The minimum Gasteiger partial charge on any atom is -0.374 e. The first-order valence-corrected chi connectivity index (χ1v) is 6.48. The average molecular weight is 241 g/mol. The Kier molecular flexibility index (Phi) is 4.29. The van der Waals surface area contributed by atoms with Crippen LogP contribution in [0.4, 0.5) is 0 Å². The maximum atomic E-state index is 5.68. The molecule has 0 spiro atoms. The summed E-state index contributed by atoms with van der Waals surface area (Å²) in [7, 11) is 2.14. The molecule has 1 aromatic rings. The highest BCUT2D eigenvalue weighted by Crippen LogP contribution is 2.11. The van der Waals surface area contributed by atoms with Gasteiger partial charge in [-0.2, -0.15) is 0 Å². The van der Waals surface area contributed by atoms with Gasteiger partial charge in [0.25, 0.3) is 0 Å². The number of morpholine rings is 1. The lowest BCUT2D eigenvalue weighted by atomic mass is 10.3. The Morgan fingerprint density at radius 2 is 2.56 bits per heavy atom. The van der Waals surface area contributed by atoms with Gasteiger partial charge in [0.1, 0.15) is 0 Å². The molecule has 1 aliphatic rings. The summed E-state index contributed by atoms with van der Waals surface area (Å²) in [5.41, 5.74) is 0. The van der Waals surface area contributed by atoms with Crippen molar-refractivity contribution in [2.45, 2.75) is 19.6 Å². The van der Waals surface area contributed by atoms with Gasteiger partial charge in [0.15, 0.2) is 0 Å². The van der Waals surface area contributed by atoms with E-state index in [4.69, 9.17) is 4.74 Å². The van der Waals surface area contributed by atoms with Gasteiger partial charge in [-0.3, -0.25) is 0 Å². The van der Waals surface area contributed by atoms with Gasteiger partial charge in [0.05, 0.1) is 17.7 Å². The molecule has 1 N–H and O–H groups in total. The lowest BCUT2D eigenvalue weighted by Gasteiger charge is -2.30. The number of aromatic nitrogens is 1. The minimum atomic E-state index is 0.327. The van der Waals surface area contributed by atoms with Crippen molar-refractivity contribution >= 4 is 11.3 Å². The molecule has 1 fully saturated rings. The van der Waals surface area contributed by atoms with Crippen LogP contribution in [0, 0.1) is 6.92 Å². The Bertz CT molecular complexity index is 329. The molecule has 16 heavy (non-hydrogen) atoms. The summed E-state index contributed by atoms with van der Waals surface area (Å²) in [5, 5.41) is 4.55. The first kappa shape index (κ1) is 12.0. The van der Waals surface area contributed by atoms with Crippen LogP contribution in [0.5, 0.6) is 0 Å². The van der Waals surface area contributed by atoms with Crippen LogP contribution in [0.1, 0.15) is 9.88 Å². The summed E-state index contributed by atoms with van der Waals surface area (Å²) in [6.45, 7) is 6.77. The van der Waals surface area contributed by atoms with Gasteiger partial charge in [-0.05, 0) is 14.0 Å². The maximum absolute atomic E-state index is 5.68. The van der Waals surface area contributed by atoms with E-state index in [1.54, 1.807) is 11.3 Å². The second kappa shape index (κ2) is 5.72. The molecule has 1 saturated heterocycles. The number of hydrogen-bond donors (Lipinski definition) is 1. The fraction of sp³-hybridized carbons (Fsp3) is 0.727. The van der Waals surface area contributed by atoms with E-state index < -0.39 is 0 Å². The first-order chi connectivity index (χ1) is 7.74. The van der Waals surface area contributed by atoms with E-state index in [9.17, 15) is 0 Å². The van der Waals surface area contributed by atoms with Gasteiger partial charge >= 0.3 is 0 Å². The number of ether oxygens (including phenoxy) is 1. The van der Waals surface area contributed by atoms with Crippen LogP contribution in [0.15, 0.2) is 6.20 Å². The quantitative estimate of drug-likeness (QED) is 0.849. The number of hydrogen-bond acceptors (Lipinski definition) is 5. The monoisotopic (exact) mass is 241 g/mol. The Morgan fingerprint density at radius 1 is 1.69 bits per heavy atom. The molecule has 1 aromatic heterocycles. The number of rotatable bonds is 4. The Balaban J connectivity index is 1.67. The van der Waals surface area contributed by atoms with Crippen LogP contribution in [0.3, 0.4) is 0 Å². The lowest BCUT2D eigenvalue weighted by molar-refractivity contribution is -0.0181. The van der Waals surface area contributed by atoms with Crippen LogP contribution in [0.25, 0.3) is 0 Å². The van der Waals surface area contributed by atoms with E-state index in [2.05, 4.69) is 22.2 Å². The Morgan fingerprint density at radius 3 is 3.25 bits per heavy atom. The van der Waals surface area contributed by atoms with Gasteiger partial charge < -0.3 is 15.0 Å². The molecule has 90 valence electrons. The van der Waals surface area contributed by atoms with E-state index in [1.165, 1.54) is 4.88 Å². The van der Waals surface area contributed by atoms with Crippen LogP contribution >= 0.6 is 11.3 Å². The van der Waals surface area contributed by atoms with Crippen molar-refractivity contribution in [3.8, 4) is 0 Å². The van der Waals surface area contributed by atoms with E-state index >= 15 is 0 Å². The van der Waals surface area contributed by atoms with Gasteiger partial charge in [0.2, 0.25) is 0 Å². The summed E-state index contributed by atoms with van der Waals surface area (Å²) in [6, 6.07) is 0. The zero-order chi connectivity index (χ0) is 11.4. The smallest absolute Gasteiger partial charge is 0.0897 e. The molecule has 1 aliphatic heterocycles. The highest BCUT2D eigenvalue weighted by molar-refractivity contribution is 7.11. The minimum absolute atomic E-state index is 0.327. The largest absolute Gasteiger partial charge is 0.374 e. The number of likely N-dealkylation sites (N-methyl/N-ethyl adjacent to an activating group) is 1. The van der Waals surface area contributed by atoms with E-state index in [-0.39, 0.29) is 0 Å². The molecule has 5 heteroatoms. The molecule has 2 heterocycles. The van der Waals surface area contributed by atoms with Crippen molar-refractivity contribution in [3.05, 3.63) is 16.1 Å². The highest BCUT2D eigenvalue weighted by Gasteiger charge is 2.16. The normalized spacial score (nSPS) is 22.5. The summed E-state index contributed by atoms with van der Waals surface area (Å²) in [6.07, 6.45) is 2.27. The zero-order valence-electron chi connectivity index (χ0n) is 9.90. The third-order valence-corrected chi connectivity index (χ3v) is 3.60. The van der Waals surface area contributed by atoms with Crippen LogP contribution in [0.2, 0.25) is 0 Å². The lowest BCUT2D eigenvalue weighted by Crippen LogP contribution is -2.44. The molecule has 0 unspecified atom stereocenters. The molecule has 0 bridgehead atoms. The van der Waals surface area contributed by atoms with Crippen LogP contribution in [-0.2, 0) is 11.3 Å². The third-order valence-electron chi connectivity index (χ3n) is 2.68. The molecule has 0 saturated carbocycles. The molecular formula is C11H19N3OS. The Labute approximate surface area is 101 Å². The van der Waals surface area contributed by atoms with E-state index in [1.807, 2.05) is 13.1 Å². The van der Waals surface area contributed by atoms with Crippen molar-refractivity contribution in [3.63, 3.8) is 0 Å². The molecule has 0 aromatic carbocycles. The maximum Gasteiger partial charge on any atom is 0.0897 e. The summed E-state index contributed by atoms with van der Waals surface area (Å²) >= 11 is 1.75. The van der Waals surface area contributed by atoms with Crippen molar-refractivity contribution in [1.82, 2.24) is 15.2 Å². The van der Waals surface area contributed by atoms with Gasteiger partial charge in [-0.1, -0.05) is 0 Å². The van der Waals surface area contributed by atoms with Crippen molar-refractivity contribution in [1.29, 1.82) is 0 Å². The molecule has 4 nitrogen and oxygen atoms in total. The van der Waals surface area contributed by atoms with Gasteiger partial charge in [-0.25, -0.2) is 4.98 Å². The molecule has 1 atom stereocenters. The topological polar surface area (TPSA) is 37.4 Å². The summed E-state index contributed by atoms with van der Waals surface area (Å²) in [4.78, 5) is 7.84. The average Bonchev–Trinajstić information content (AvgIpc) is 2.64. The fourth-order valence-electron chi connectivity index (χ4n) is 1.83. The van der Waals surface area contributed by atoms with E-state index in [0.29, 0.717) is 6.10 Å². The predicted octanol–water partition coefficient (Wildman–Crippen LogP) is 0.872. The summed E-state index contributed by atoms with van der Waals surface area (Å²) in [5.74, 6) is 0. The van der Waals surface area contributed by atoms with Crippen molar-refractivity contribution in [2.75, 3.05) is 33.3 Å². The van der Waals surface area contributed by atoms with Crippen molar-refractivity contribution in [2.24, 2.45) is 0 Å². The molecule has 0 aliphatic carbocycles.